The Morgan fingerprint density at radius 1 is 1.19 bits per heavy atom. The first-order valence-electron chi connectivity index (χ1n) is 8.25. The number of benzene rings is 1. The molecular weight excluding hydrogens is 352 g/mol. The van der Waals surface area contributed by atoms with Crippen molar-refractivity contribution in [2.45, 2.75) is 20.0 Å². The van der Waals surface area contributed by atoms with E-state index in [-0.39, 0.29) is 5.91 Å². The van der Waals surface area contributed by atoms with E-state index in [2.05, 4.69) is 5.32 Å². The minimum atomic E-state index is -0.188. The Kier molecular flexibility index (Phi) is 4.31. The third-order valence-electron chi connectivity index (χ3n) is 4.18. The molecule has 3 heterocycles. The molecule has 1 aromatic carbocycles. The number of aromatic nitrogens is 1. The van der Waals surface area contributed by atoms with Crippen molar-refractivity contribution in [2.24, 2.45) is 0 Å². The molecule has 0 bridgehead atoms. The summed E-state index contributed by atoms with van der Waals surface area (Å²) >= 11 is 6.10. The molecule has 0 radical (unpaired) electrons. The topological polar surface area (TPSA) is 60.3 Å². The van der Waals surface area contributed by atoms with Gasteiger partial charge in [0.1, 0.15) is 17.2 Å². The van der Waals surface area contributed by atoms with Crippen molar-refractivity contribution < 1.29 is 13.6 Å². The minimum Gasteiger partial charge on any atom is -0.467 e. The first kappa shape index (κ1) is 16.5. The molecule has 0 atom stereocenters. The van der Waals surface area contributed by atoms with Gasteiger partial charge in [-0.1, -0.05) is 23.7 Å². The van der Waals surface area contributed by atoms with Crippen LogP contribution in [0, 0.1) is 6.92 Å². The summed E-state index contributed by atoms with van der Waals surface area (Å²) in [6, 6.07) is 14.9. The molecule has 4 rings (SSSR count). The molecule has 0 saturated carbocycles. The second-order valence-corrected chi connectivity index (χ2v) is 6.55. The van der Waals surface area contributed by atoms with Crippen molar-refractivity contribution in [1.82, 2.24) is 9.88 Å². The largest absolute Gasteiger partial charge is 0.467 e. The van der Waals surface area contributed by atoms with Crippen LogP contribution in [0.1, 0.15) is 27.6 Å². The van der Waals surface area contributed by atoms with Crippen LogP contribution in [-0.4, -0.2) is 10.5 Å². The molecule has 3 aromatic heterocycles. The van der Waals surface area contributed by atoms with E-state index >= 15 is 0 Å². The predicted octanol–water partition coefficient (Wildman–Crippen LogP) is 4.77. The van der Waals surface area contributed by atoms with Crippen molar-refractivity contribution in [2.75, 3.05) is 0 Å². The van der Waals surface area contributed by atoms with Crippen LogP contribution in [0.5, 0.6) is 0 Å². The lowest BCUT2D eigenvalue weighted by Crippen LogP contribution is -2.25. The van der Waals surface area contributed by atoms with E-state index in [0.717, 1.165) is 16.8 Å². The molecule has 0 spiro atoms. The van der Waals surface area contributed by atoms with E-state index < -0.39 is 0 Å². The molecule has 0 aliphatic carbocycles. The fourth-order valence-electron chi connectivity index (χ4n) is 3.01. The maximum Gasteiger partial charge on any atom is 0.268 e. The number of hydrogen-bond acceptors (Lipinski definition) is 3. The predicted molar refractivity (Wildman–Crippen MR) is 99.4 cm³/mol. The zero-order chi connectivity index (χ0) is 18.1. The average molecular weight is 369 g/mol. The van der Waals surface area contributed by atoms with E-state index in [0.29, 0.717) is 35.1 Å². The lowest BCUT2D eigenvalue weighted by molar-refractivity contribution is 0.0939. The zero-order valence-electron chi connectivity index (χ0n) is 14.2. The molecule has 0 unspecified atom stereocenters. The minimum absolute atomic E-state index is 0.188. The second-order valence-electron chi connectivity index (χ2n) is 6.11. The van der Waals surface area contributed by atoms with Gasteiger partial charge in [0, 0.05) is 23.7 Å². The summed E-state index contributed by atoms with van der Waals surface area (Å²) in [5.41, 5.74) is 3.11. The summed E-state index contributed by atoms with van der Waals surface area (Å²) < 4.78 is 12.9. The van der Waals surface area contributed by atoms with Crippen molar-refractivity contribution >= 4 is 28.6 Å². The number of amides is 1. The lowest BCUT2D eigenvalue weighted by Gasteiger charge is -2.10. The van der Waals surface area contributed by atoms with Gasteiger partial charge in [-0.2, -0.15) is 0 Å². The van der Waals surface area contributed by atoms with E-state index in [1.54, 1.807) is 18.4 Å². The monoisotopic (exact) mass is 368 g/mol. The van der Waals surface area contributed by atoms with Gasteiger partial charge in [0.05, 0.1) is 18.3 Å². The van der Waals surface area contributed by atoms with Crippen LogP contribution in [0.4, 0.5) is 0 Å². The van der Waals surface area contributed by atoms with Gasteiger partial charge in [-0.15, -0.1) is 0 Å². The van der Waals surface area contributed by atoms with Crippen LogP contribution in [0.25, 0.3) is 11.1 Å². The molecule has 6 heteroatoms. The van der Waals surface area contributed by atoms with Crippen molar-refractivity contribution in [3.63, 3.8) is 0 Å². The number of rotatable bonds is 5. The zero-order valence-corrected chi connectivity index (χ0v) is 14.9. The van der Waals surface area contributed by atoms with E-state index in [9.17, 15) is 4.79 Å². The summed E-state index contributed by atoms with van der Waals surface area (Å²) in [6.07, 6.45) is 1.58. The summed E-state index contributed by atoms with van der Waals surface area (Å²) in [7, 11) is 0. The second kappa shape index (κ2) is 6.77. The molecule has 132 valence electrons. The van der Waals surface area contributed by atoms with Crippen LogP contribution in [0.3, 0.4) is 0 Å². The summed E-state index contributed by atoms with van der Waals surface area (Å²) in [5.74, 6) is 1.32. The van der Waals surface area contributed by atoms with E-state index in [1.165, 1.54) is 0 Å². The Labute approximate surface area is 155 Å². The van der Waals surface area contributed by atoms with Gasteiger partial charge in [-0.05, 0) is 36.8 Å². The highest BCUT2D eigenvalue weighted by Crippen LogP contribution is 2.25. The SMILES string of the molecule is Cc1cc2c(cc(C(=O)NCc3ccco3)n2Cc2cccc(Cl)c2)o1. The molecule has 0 fully saturated rings. The maximum atomic E-state index is 12.7. The fraction of sp³-hybridized carbons (Fsp3) is 0.150. The first-order valence-corrected chi connectivity index (χ1v) is 8.62. The lowest BCUT2D eigenvalue weighted by atomic mass is 10.2. The molecule has 0 aliphatic heterocycles. The third-order valence-corrected chi connectivity index (χ3v) is 4.41. The highest BCUT2D eigenvalue weighted by Gasteiger charge is 2.19. The van der Waals surface area contributed by atoms with Gasteiger partial charge in [-0.3, -0.25) is 4.79 Å². The Bertz CT molecular complexity index is 1060. The highest BCUT2D eigenvalue weighted by atomic mass is 35.5. The Hall–Kier alpha value is -2.92. The Morgan fingerprint density at radius 2 is 2.08 bits per heavy atom. The number of hydrogen-bond donors (Lipinski definition) is 1. The number of carbonyl (C=O) groups is 1. The highest BCUT2D eigenvalue weighted by molar-refractivity contribution is 6.30. The summed E-state index contributed by atoms with van der Waals surface area (Å²) in [4.78, 5) is 12.7. The molecule has 0 aliphatic rings. The van der Waals surface area contributed by atoms with Gasteiger partial charge in [0.2, 0.25) is 0 Å². The first-order chi connectivity index (χ1) is 12.6. The van der Waals surface area contributed by atoms with Gasteiger partial charge >= 0.3 is 0 Å². The van der Waals surface area contributed by atoms with Gasteiger partial charge in [-0.25, -0.2) is 0 Å². The Balaban J connectivity index is 1.67. The van der Waals surface area contributed by atoms with E-state index in [1.807, 2.05) is 47.9 Å². The van der Waals surface area contributed by atoms with Crippen LogP contribution in [0.15, 0.2) is 63.6 Å². The average Bonchev–Trinajstić information content (AvgIpc) is 3.31. The number of fused-ring (bicyclic) bond motifs is 1. The number of halogens is 1. The van der Waals surface area contributed by atoms with Gasteiger partial charge < -0.3 is 18.7 Å². The van der Waals surface area contributed by atoms with Crippen molar-refractivity contribution in [1.29, 1.82) is 0 Å². The molecule has 1 N–H and O–H groups in total. The number of furan rings is 2. The number of aryl methyl sites for hydroxylation is 1. The quantitative estimate of drug-likeness (QED) is 0.552. The molecular formula is C20H17ClN2O3. The van der Waals surface area contributed by atoms with Gasteiger partial charge in [0.15, 0.2) is 5.58 Å². The van der Waals surface area contributed by atoms with E-state index in [4.69, 9.17) is 20.4 Å². The molecule has 5 nitrogen and oxygen atoms in total. The summed E-state index contributed by atoms with van der Waals surface area (Å²) in [5, 5.41) is 3.55. The Morgan fingerprint density at radius 3 is 2.85 bits per heavy atom. The fourth-order valence-corrected chi connectivity index (χ4v) is 3.23. The van der Waals surface area contributed by atoms with Crippen LogP contribution >= 0.6 is 11.6 Å². The standard InChI is InChI=1S/C20H17ClN2O3/c1-13-8-17-19(26-13)10-18(20(24)22-11-16-6-3-7-25-16)23(17)12-14-4-2-5-15(21)9-14/h2-10H,11-12H2,1H3,(H,22,24). The maximum absolute atomic E-state index is 12.7. The number of carbonyl (C=O) groups excluding carboxylic acids is 1. The summed E-state index contributed by atoms with van der Waals surface area (Å²) in [6.45, 7) is 2.74. The van der Waals surface area contributed by atoms with Gasteiger partial charge in [0.25, 0.3) is 5.91 Å². The third kappa shape index (κ3) is 3.26. The van der Waals surface area contributed by atoms with Crippen LogP contribution in [-0.2, 0) is 13.1 Å². The molecule has 4 aromatic rings. The van der Waals surface area contributed by atoms with Crippen molar-refractivity contribution in [3.8, 4) is 0 Å². The van der Waals surface area contributed by atoms with Crippen molar-refractivity contribution in [3.05, 3.63) is 82.6 Å². The van der Waals surface area contributed by atoms with Crippen LogP contribution in [0.2, 0.25) is 5.02 Å². The normalized spacial score (nSPS) is 11.2. The smallest absolute Gasteiger partial charge is 0.268 e. The van der Waals surface area contributed by atoms with Crippen LogP contribution < -0.4 is 5.32 Å². The molecule has 1 amide bonds. The molecule has 0 saturated heterocycles. The number of nitrogens with zero attached hydrogens (tertiary/aromatic N) is 1. The molecule has 26 heavy (non-hydrogen) atoms. The number of nitrogens with one attached hydrogen (secondary N) is 1.